The third kappa shape index (κ3) is 7.63. The number of carbonyl (C=O) groups is 3. The first kappa shape index (κ1) is 29.6. The number of hydroxylamine groups is 2. The number of hydrogen-bond donors (Lipinski definition) is 2. The number of imide groups is 1. The Morgan fingerprint density at radius 3 is 1.68 bits per heavy atom. The Bertz CT molecular complexity index is 1250. The Kier molecular flexibility index (Phi) is 10.6. The van der Waals surface area contributed by atoms with Gasteiger partial charge in [0.2, 0.25) is 0 Å². The van der Waals surface area contributed by atoms with E-state index >= 15 is 0 Å². The number of benzene rings is 3. The molecule has 1 heterocycles. The molecule has 0 aliphatic carbocycles. The maximum atomic E-state index is 12.7. The van der Waals surface area contributed by atoms with Gasteiger partial charge in [0, 0.05) is 12.7 Å². The molecular weight excluding hydrogens is 534 g/mol. The Morgan fingerprint density at radius 1 is 0.750 bits per heavy atom. The quantitative estimate of drug-likeness (QED) is 0.283. The van der Waals surface area contributed by atoms with Crippen molar-refractivity contribution in [3.05, 3.63) is 107 Å². The van der Waals surface area contributed by atoms with E-state index in [-0.39, 0.29) is 35.2 Å². The highest BCUT2D eigenvalue weighted by Crippen LogP contribution is 2.25. The van der Waals surface area contributed by atoms with E-state index in [0.717, 1.165) is 22.9 Å². The van der Waals surface area contributed by atoms with Crippen molar-refractivity contribution in [2.45, 2.75) is 44.6 Å². The van der Waals surface area contributed by atoms with Gasteiger partial charge in [-0.1, -0.05) is 84.6 Å². The number of ether oxygens (including phenoxy) is 2. The summed E-state index contributed by atoms with van der Waals surface area (Å²) in [5, 5.41) is 22.8. The molecule has 10 heteroatoms. The zero-order chi connectivity index (χ0) is 28.5. The zero-order valence-electron chi connectivity index (χ0n) is 21.9. The van der Waals surface area contributed by atoms with Crippen molar-refractivity contribution in [2.75, 3.05) is 12.4 Å². The van der Waals surface area contributed by atoms with Crippen LogP contribution in [0.25, 0.3) is 0 Å². The molecule has 4 rings (SSSR count). The number of hydrogen-bond acceptors (Lipinski definition) is 9. The van der Waals surface area contributed by atoms with Gasteiger partial charge in [0.1, 0.15) is 24.9 Å². The predicted molar refractivity (Wildman–Crippen MR) is 148 cm³/mol. The van der Waals surface area contributed by atoms with Crippen LogP contribution in [0.1, 0.15) is 38.8 Å². The summed E-state index contributed by atoms with van der Waals surface area (Å²) in [6.45, 7) is 1.08. The number of aliphatic hydroxyl groups excluding tert-OH is 2. The third-order valence-corrected chi connectivity index (χ3v) is 7.16. The lowest BCUT2D eigenvalue weighted by Gasteiger charge is -2.34. The molecule has 2 amide bonds. The van der Waals surface area contributed by atoms with Crippen LogP contribution in [0, 0.1) is 0 Å². The van der Waals surface area contributed by atoms with Gasteiger partial charge in [-0.15, -0.1) is 5.06 Å². The average Bonchev–Trinajstić information content (AvgIpc) is 3.22. The molecule has 0 bridgehead atoms. The number of nitrogens with zero attached hydrogens (tertiary/aromatic N) is 1. The Balaban J connectivity index is 1.53. The van der Waals surface area contributed by atoms with E-state index < -0.39 is 42.8 Å². The fourth-order valence-electron chi connectivity index (χ4n) is 4.21. The Hall–Kier alpha value is -3.38. The summed E-state index contributed by atoms with van der Waals surface area (Å²) in [5.74, 6) is -1.26. The van der Waals surface area contributed by atoms with Gasteiger partial charge >= 0.3 is 0 Å². The molecule has 0 fully saturated rings. The number of rotatable bonds is 14. The molecule has 1 aliphatic heterocycles. The maximum Gasteiger partial charge on any atom is 0.285 e. The lowest BCUT2D eigenvalue weighted by molar-refractivity contribution is -0.190. The molecule has 0 aromatic heterocycles. The zero-order valence-corrected chi connectivity index (χ0v) is 22.7. The van der Waals surface area contributed by atoms with Gasteiger partial charge in [0.15, 0.2) is 5.12 Å². The second kappa shape index (κ2) is 14.3. The van der Waals surface area contributed by atoms with Gasteiger partial charge in [-0.2, -0.15) is 0 Å². The van der Waals surface area contributed by atoms with Crippen LogP contribution in [-0.4, -0.2) is 69.0 Å². The first-order valence-electron chi connectivity index (χ1n) is 12.8. The first-order valence-corrected chi connectivity index (χ1v) is 13.7. The fourth-order valence-corrected chi connectivity index (χ4v) is 4.81. The monoisotopic (exact) mass is 565 g/mol. The molecule has 0 unspecified atom stereocenters. The highest BCUT2D eigenvalue weighted by Gasteiger charge is 2.40. The molecule has 0 saturated carbocycles. The van der Waals surface area contributed by atoms with Gasteiger partial charge in [-0.3, -0.25) is 19.2 Å². The summed E-state index contributed by atoms with van der Waals surface area (Å²) in [4.78, 5) is 42.6. The van der Waals surface area contributed by atoms with Gasteiger partial charge in [0.05, 0.1) is 30.4 Å². The van der Waals surface area contributed by atoms with Crippen LogP contribution in [0.2, 0.25) is 0 Å². The summed E-state index contributed by atoms with van der Waals surface area (Å²) in [6.07, 6.45) is -4.86. The molecular formula is C30H31NO8S. The molecule has 3 aromatic rings. The highest BCUT2D eigenvalue weighted by atomic mass is 32.2. The lowest BCUT2D eigenvalue weighted by Crippen LogP contribution is -2.50. The third-order valence-electron chi connectivity index (χ3n) is 6.24. The van der Waals surface area contributed by atoms with Crippen LogP contribution in [0.5, 0.6) is 0 Å². The van der Waals surface area contributed by atoms with Crippen molar-refractivity contribution in [1.29, 1.82) is 0 Å². The Morgan fingerprint density at radius 2 is 1.20 bits per heavy atom. The van der Waals surface area contributed by atoms with E-state index in [4.69, 9.17) is 14.3 Å². The Labute approximate surface area is 236 Å². The summed E-state index contributed by atoms with van der Waals surface area (Å²) < 4.78 is 12.2. The maximum absolute atomic E-state index is 12.7. The molecule has 0 radical (unpaired) electrons. The summed E-state index contributed by atoms with van der Waals surface area (Å²) in [5.41, 5.74) is 2.06. The van der Waals surface area contributed by atoms with E-state index in [1.165, 1.54) is 19.1 Å². The van der Waals surface area contributed by atoms with E-state index in [0.29, 0.717) is 5.06 Å². The smallest absolute Gasteiger partial charge is 0.285 e. The predicted octanol–water partition coefficient (Wildman–Crippen LogP) is 3.39. The minimum atomic E-state index is -1.43. The van der Waals surface area contributed by atoms with Crippen molar-refractivity contribution in [1.82, 2.24) is 5.06 Å². The van der Waals surface area contributed by atoms with Crippen molar-refractivity contribution in [3.63, 3.8) is 0 Å². The molecule has 210 valence electrons. The molecule has 2 N–H and O–H groups in total. The van der Waals surface area contributed by atoms with Crippen LogP contribution in [0.15, 0.2) is 84.9 Å². The minimum absolute atomic E-state index is 0.00592. The normalized spacial score (nSPS) is 15.9. The number of amides is 2. The van der Waals surface area contributed by atoms with Crippen LogP contribution in [-0.2, 0) is 32.3 Å². The van der Waals surface area contributed by atoms with Crippen molar-refractivity contribution in [3.8, 4) is 0 Å². The van der Waals surface area contributed by atoms with Crippen LogP contribution in [0.4, 0.5) is 0 Å². The average molecular weight is 566 g/mol. The van der Waals surface area contributed by atoms with Gasteiger partial charge in [-0.05, 0) is 23.3 Å². The molecule has 4 atom stereocenters. The second-order valence-corrected chi connectivity index (χ2v) is 10.4. The fraction of sp³-hybridized carbons (Fsp3) is 0.300. The minimum Gasteiger partial charge on any atom is -0.389 e. The molecule has 1 aliphatic rings. The summed E-state index contributed by atoms with van der Waals surface area (Å²) >= 11 is 0.925. The van der Waals surface area contributed by atoms with E-state index in [1.54, 1.807) is 12.1 Å². The second-order valence-electron chi connectivity index (χ2n) is 9.21. The molecule has 0 spiro atoms. The summed E-state index contributed by atoms with van der Waals surface area (Å²) in [7, 11) is 0. The van der Waals surface area contributed by atoms with Gasteiger partial charge < -0.3 is 19.7 Å². The highest BCUT2D eigenvalue weighted by molar-refractivity contribution is 8.13. The SMILES string of the molecule is CC(=O)SC[C@@H](O)[C@@H](OCc1ccccc1)[C@H](OCc1ccccc1)[C@H](O)CON1C(=O)c2ccccc2C1=O. The molecule has 0 saturated heterocycles. The van der Waals surface area contributed by atoms with E-state index in [1.807, 2.05) is 60.7 Å². The number of thioether (sulfide) groups is 1. The van der Waals surface area contributed by atoms with Crippen molar-refractivity contribution < 1.29 is 38.9 Å². The largest absolute Gasteiger partial charge is 0.389 e. The number of aliphatic hydroxyl groups is 2. The standard InChI is InChI=1S/C30H31NO8S/c1-20(32)40-19-26(34)28(38-17-22-12-6-3-7-13-22)27(37-16-21-10-4-2-5-11-21)25(33)18-39-31-29(35)23-14-8-9-15-24(23)30(31)36/h2-15,25-28,33-34H,16-19H2,1H3/t25-,26-,27-,28-/m1/s1. The van der Waals surface area contributed by atoms with Gasteiger partial charge in [0.25, 0.3) is 11.8 Å². The van der Waals surface area contributed by atoms with Crippen molar-refractivity contribution >= 4 is 28.7 Å². The van der Waals surface area contributed by atoms with Gasteiger partial charge in [-0.25, -0.2) is 0 Å². The van der Waals surface area contributed by atoms with Crippen LogP contribution >= 0.6 is 11.8 Å². The van der Waals surface area contributed by atoms with E-state index in [2.05, 4.69) is 0 Å². The van der Waals surface area contributed by atoms with Crippen LogP contribution < -0.4 is 0 Å². The number of fused-ring (bicyclic) bond motifs is 1. The lowest BCUT2D eigenvalue weighted by atomic mass is 10.0. The molecule has 40 heavy (non-hydrogen) atoms. The van der Waals surface area contributed by atoms with Crippen molar-refractivity contribution in [2.24, 2.45) is 0 Å². The number of carbonyl (C=O) groups excluding carboxylic acids is 3. The summed E-state index contributed by atoms with van der Waals surface area (Å²) in [6, 6.07) is 24.9. The van der Waals surface area contributed by atoms with E-state index in [9.17, 15) is 24.6 Å². The molecule has 3 aromatic carbocycles. The first-order chi connectivity index (χ1) is 19.3. The molecule has 9 nitrogen and oxygen atoms in total. The van der Waals surface area contributed by atoms with Crippen LogP contribution in [0.3, 0.4) is 0 Å². The topological polar surface area (TPSA) is 123 Å².